The van der Waals surface area contributed by atoms with Crippen LogP contribution in [0.4, 0.5) is 5.69 Å². The molecule has 0 aliphatic carbocycles. The highest BCUT2D eigenvalue weighted by atomic mass is 32.2. The molecule has 1 amide bonds. The maximum Gasteiger partial charge on any atom is 0.338 e. The Morgan fingerprint density at radius 2 is 1.59 bits per heavy atom. The van der Waals surface area contributed by atoms with E-state index in [2.05, 4.69) is 0 Å². The molecule has 2 aromatic rings. The minimum atomic E-state index is -3.14. The van der Waals surface area contributed by atoms with Gasteiger partial charge in [0.2, 0.25) is 0 Å². The van der Waals surface area contributed by atoms with Gasteiger partial charge < -0.3 is 9.64 Å². The van der Waals surface area contributed by atoms with Gasteiger partial charge in [0.25, 0.3) is 5.91 Å². The molecule has 2 aromatic carbocycles. The summed E-state index contributed by atoms with van der Waals surface area (Å²) in [6.45, 7) is 3.39. The van der Waals surface area contributed by atoms with E-state index in [0.29, 0.717) is 5.56 Å². The summed E-state index contributed by atoms with van der Waals surface area (Å²) < 4.78 is 27.7. The lowest BCUT2D eigenvalue weighted by Crippen LogP contribution is -2.39. The van der Waals surface area contributed by atoms with Gasteiger partial charge in [0.15, 0.2) is 16.4 Å². The maximum absolute atomic E-state index is 12.5. The first kappa shape index (κ1) is 20.6. The summed E-state index contributed by atoms with van der Waals surface area (Å²) in [4.78, 5) is 26.2. The summed E-state index contributed by atoms with van der Waals surface area (Å²) in [5.74, 6) is -1.05. The summed E-state index contributed by atoms with van der Waals surface area (Å²) >= 11 is 0. The number of carbonyl (C=O) groups excluding carboxylic acids is 2. The van der Waals surface area contributed by atoms with Crippen LogP contribution in [-0.2, 0) is 25.1 Å². The van der Waals surface area contributed by atoms with E-state index < -0.39 is 15.8 Å². The van der Waals surface area contributed by atoms with Gasteiger partial charge in [-0.25, -0.2) is 13.2 Å². The Morgan fingerprint density at radius 3 is 2.11 bits per heavy atom. The maximum atomic E-state index is 12.5. The fourth-order valence-corrected chi connectivity index (χ4v) is 3.44. The Balaban J connectivity index is 2.00. The van der Waals surface area contributed by atoms with Crippen molar-refractivity contribution >= 4 is 27.4 Å². The fourth-order valence-electron chi connectivity index (χ4n) is 2.64. The number of hydrogen-bond acceptors (Lipinski definition) is 5. The normalized spacial score (nSPS) is 11.3. The number of carbonyl (C=O) groups is 2. The number of nitrogens with zero attached hydrogens (tertiary/aromatic N) is 1. The Bertz CT molecular complexity index is 890. The minimum Gasteiger partial charge on any atom is -0.452 e. The first-order valence-corrected chi connectivity index (χ1v) is 10.5. The van der Waals surface area contributed by atoms with Crippen LogP contribution in [0.2, 0.25) is 0 Å². The van der Waals surface area contributed by atoms with E-state index in [9.17, 15) is 18.0 Å². The van der Waals surface area contributed by atoms with E-state index in [1.807, 2.05) is 44.2 Å². The van der Waals surface area contributed by atoms with E-state index >= 15 is 0 Å². The van der Waals surface area contributed by atoms with E-state index in [1.165, 1.54) is 12.1 Å². The van der Waals surface area contributed by atoms with Crippen LogP contribution >= 0.6 is 0 Å². The zero-order valence-electron chi connectivity index (χ0n) is 15.6. The molecule has 0 heterocycles. The highest BCUT2D eigenvalue weighted by Gasteiger charge is 2.20. The van der Waals surface area contributed by atoms with Crippen LogP contribution in [0.25, 0.3) is 0 Å². The highest BCUT2D eigenvalue weighted by molar-refractivity contribution is 7.89. The molecular formula is C20H23NO5S. The van der Waals surface area contributed by atoms with E-state index in [1.54, 1.807) is 17.0 Å². The zero-order chi connectivity index (χ0) is 20.0. The number of para-hydroxylation sites is 1. The predicted molar refractivity (Wildman–Crippen MR) is 104 cm³/mol. The molecular weight excluding hydrogens is 366 g/mol. The summed E-state index contributed by atoms with van der Waals surface area (Å²) in [5.41, 5.74) is 1.58. The molecule has 7 heteroatoms. The van der Waals surface area contributed by atoms with Crippen molar-refractivity contribution in [2.45, 2.75) is 25.6 Å². The summed E-state index contributed by atoms with van der Waals surface area (Å²) in [6, 6.07) is 15.2. The number of ether oxygens (including phenoxy) is 1. The minimum absolute atomic E-state index is 0.0890. The molecule has 0 spiro atoms. The third kappa shape index (κ3) is 6.21. The number of hydrogen-bond donors (Lipinski definition) is 0. The van der Waals surface area contributed by atoms with Crippen LogP contribution in [0, 0.1) is 0 Å². The van der Waals surface area contributed by atoms with Crippen molar-refractivity contribution in [1.82, 2.24) is 0 Å². The van der Waals surface area contributed by atoms with Gasteiger partial charge in [-0.05, 0) is 43.7 Å². The SMILES string of the molecule is CC(C)N(C(=O)COC(=O)c1ccc(CS(C)(=O)=O)cc1)c1ccccc1. The summed E-state index contributed by atoms with van der Waals surface area (Å²) in [5, 5.41) is 0. The lowest BCUT2D eigenvalue weighted by molar-refractivity contribution is -0.122. The van der Waals surface area contributed by atoms with Gasteiger partial charge in [-0.3, -0.25) is 4.79 Å². The van der Waals surface area contributed by atoms with Crippen molar-refractivity contribution < 1.29 is 22.7 Å². The topological polar surface area (TPSA) is 80.8 Å². The molecule has 0 fully saturated rings. The number of rotatable bonds is 7. The Labute approximate surface area is 159 Å². The third-order valence-electron chi connectivity index (χ3n) is 3.76. The molecule has 0 radical (unpaired) electrons. The second-order valence-corrected chi connectivity index (χ2v) is 8.68. The van der Waals surface area contributed by atoms with Crippen LogP contribution < -0.4 is 4.90 Å². The molecule has 144 valence electrons. The Kier molecular flexibility index (Phi) is 6.74. The quantitative estimate of drug-likeness (QED) is 0.680. The van der Waals surface area contributed by atoms with Gasteiger partial charge in [0.05, 0.1) is 11.3 Å². The number of esters is 1. The molecule has 0 bridgehead atoms. The lowest BCUT2D eigenvalue weighted by atomic mass is 10.1. The zero-order valence-corrected chi connectivity index (χ0v) is 16.4. The number of benzene rings is 2. The smallest absolute Gasteiger partial charge is 0.338 e. The largest absolute Gasteiger partial charge is 0.452 e. The van der Waals surface area contributed by atoms with Gasteiger partial charge >= 0.3 is 5.97 Å². The third-order valence-corrected chi connectivity index (χ3v) is 4.62. The highest BCUT2D eigenvalue weighted by Crippen LogP contribution is 2.17. The van der Waals surface area contributed by atoms with Gasteiger partial charge in [-0.15, -0.1) is 0 Å². The summed E-state index contributed by atoms with van der Waals surface area (Å²) in [7, 11) is -3.14. The second kappa shape index (κ2) is 8.81. The van der Waals surface area contributed by atoms with Crippen LogP contribution in [0.5, 0.6) is 0 Å². The molecule has 2 rings (SSSR count). The molecule has 0 saturated heterocycles. The fraction of sp³-hybridized carbons (Fsp3) is 0.300. The van der Waals surface area contributed by atoms with Crippen molar-refractivity contribution in [3.8, 4) is 0 Å². The van der Waals surface area contributed by atoms with Crippen molar-refractivity contribution in [1.29, 1.82) is 0 Å². The van der Waals surface area contributed by atoms with Crippen molar-refractivity contribution in [3.05, 3.63) is 65.7 Å². The second-order valence-electron chi connectivity index (χ2n) is 6.54. The molecule has 27 heavy (non-hydrogen) atoms. The van der Waals surface area contributed by atoms with Crippen LogP contribution in [0.1, 0.15) is 29.8 Å². The number of amides is 1. The molecule has 0 N–H and O–H groups in total. The molecule has 0 unspecified atom stereocenters. The van der Waals surface area contributed by atoms with Gasteiger partial charge in [-0.2, -0.15) is 0 Å². The first-order valence-electron chi connectivity index (χ1n) is 8.48. The predicted octanol–water partition coefficient (Wildman–Crippen LogP) is 2.83. The monoisotopic (exact) mass is 389 g/mol. The molecule has 6 nitrogen and oxygen atoms in total. The Morgan fingerprint density at radius 1 is 1.00 bits per heavy atom. The average Bonchev–Trinajstić information content (AvgIpc) is 2.59. The molecule has 0 aliphatic heterocycles. The van der Waals surface area contributed by atoms with E-state index in [4.69, 9.17) is 4.74 Å². The number of sulfone groups is 1. The van der Waals surface area contributed by atoms with Gasteiger partial charge in [0.1, 0.15) is 0 Å². The molecule has 0 saturated carbocycles. The lowest BCUT2D eigenvalue weighted by Gasteiger charge is -2.26. The molecule has 0 aromatic heterocycles. The van der Waals surface area contributed by atoms with Crippen LogP contribution in [-0.4, -0.2) is 39.2 Å². The van der Waals surface area contributed by atoms with E-state index in [-0.39, 0.29) is 29.9 Å². The number of anilines is 1. The van der Waals surface area contributed by atoms with Crippen LogP contribution in [0.3, 0.4) is 0 Å². The van der Waals surface area contributed by atoms with Crippen molar-refractivity contribution in [3.63, 3.8) is 0 Å². The standard InChI is InChI=1S/C20H23NO5S/c1-15(2)21(18-7-5-4-6-8-18)19(22)13-26-20(23)17-11-9-16(10-12-17)14-27(3,24)25/h4-12,15H,13-14H2,1-3H3. The molecule has 0 aliphatic rings. The van der Waals surface area contributed by atoms with Gasteiger partial charge in [-0.1, -0.05) is 30.3 Å². The van der Waals surface area contributed by atoms with Crippen LogP contribution in [0.15, 0.2) is 54.6 Å². The van der Waals surface area contributed by atoms with Gasteiger partial charge in [0, 0.05) is 18.0 Å². The first-order chi connectivity index (χ1) is 12.7. The van der Waals surface area contributed by atoms with E-state index in [0.717, 1.165) is 11.9 Å². The average molecular weight is 389 g/mol. The van der Waals surface area contributed by atoms with Crippen molar-refractivity contribution in [2.24, 2.45) is 0 Å². The summed E-state index contributed by atoms with van der Waals surface area (Å²) in [6.07, 6.45) is 1.15. The van der Waals surface area contributed by atoms with Crippen molar-refractivity contribution in [2.75, 3.05) is 17.8 Å². The Hall–Kier alpha value is -2.67. The molecule has 0 atom stereocenters.